The van der Waals surface area contributed by atoms with Crippen molar-refractivity contribution < 1.29 is 19.0 Å². The van der Waals surface area contributed by atoms with E-state index in [1.54, 1.807) is 20.3 Å². The molecule has 1 aromatic carbocycles. The molecule has 6 nitrogen and oxygen atoms in total. The number of carbonyl (C=O) groups excluding carboxylic acids is 1. The molecule has 124 valence electrons. The fourth-order valence-electron chi connectivity index (χ4n) is 2.62. The Morgan fingerprint density at radius 1 is 1.26 bits per heavy atom. The average molecular weight is 336 g/mol. The molecule has 0 aromatic heterocycles. The number of allylic oxidation sites excluding steroid dienone is 1. The molecule has 2 N–H and O–H groups in total. The smallest absolute Gasteiger partial charge is 0.337 e. The predicted octanol–water partition coefficient (Wildman–Crippen LogP) is 2.06. The monoisotopic (exact) mass is 336 g/mol. The second kappa shape index (κ2) is 7.32. The topological polar surface area (TPSA) is 68.8 Å². The molecule has 0 saturated carbocycles. The van der Waals surface area contributed by atoms with Crippen LogP contribution in [0.1, 0.15) is 24.9 Å². The van der Waals surface area contributed by atoms with E-state index in [-0.39, 0.29) is 0 Å². The van der Waals surface area contributed by atoms with Gasteiger partial charge in [0.1, 0.15) is 0 Å². The Morgan fingerprint density at radius 2 is 2.00 bits per heavy atom. The molecular weight excluding hydrogens is 316 g/mol. The number of benzene rings is 1. The molecule has 1 heterocycles. The Hall–Kier alpha value is -2.28. The van der Waals surface area contributed by atoms with Gasteiger partial charge in [0.15, 0.2) is 16.6 Å². The maximum absolute atomic E-state index is 12.3. The van der Waals surface area contributed by atoms with Crippen molar-refractivity contribution in [2.75, 3.05) is 21.3 Å². The van der Waals surface area contributed by atoms with E-state index >= 15 is 0 Å². The fourth-order valence-corrected chi connectivity index (χ4v) is 2.86. The Morgan fingerprint density at radius 3 is 2.57 bits per heavy atom. The van der Waals surface area contributed by atoms with Crippen LogP contribution in [0.4, 0.5) is 0 Å². The highest BCUT2D eigenvalue weighted by atomic mass is 32.1. The summed E-state index contributed by atoms with van der Waals surface area (Å²) in [6.45, 7) is 1.94. The number of hydrogen-bond acceptors (Lipinski definition) is 5. The first-order chi connectivity index (χ1) is 11.1. The first-order valence-corrected chi connectivity index (χ1v) is 7.57. The van der Waals surface area contributed by atoms with Gasteiger partial charge in [-0.1, -0.05) is 19.1 Å². The van der Waals surface area contributed by atoms with Crippen molar-refractivity contribution in [2.24, 2.45) is 0 Å². The molecule has 0 radical (unpaired) electrons. The predicted molar refractivity (Wildman–Crippen MR) is 90.5 cm³/mol. The minimum absolute atomic E-state index is 0.417. The molecule has 0 spiro atoms. The van der Waals surface area contributed by atoms with Crippen molar-refractivity contribution in [3.05, 3.63) is 35.0 Å². The first kappa shape index (κ1) is 17.1. The molecule has 0 amide bonds. The van der Waals surface area contributed by atoms with Gasteiger partial charge >= 0.3 is 5.97 Å². The van der Waals surface area contributed by atoms with Gasteiger partial charge in [0.25, 0.3) is 0 Å². The number of thiocarbonyl (C=S) groups is 1. The van der Waals surface area contributed by atoms with Gasteiger partial charge in [-0.25, -0.2) is 4.79 Å². The Labute approximate surface area is 140 Å². The third-order valence-electron chi connectivity index (χ3n) is 3.66. The van der Waals surface area contributed by atoms with Gasteiger partial charge in [-0.05, 0) is 24.7 Å². The van der Waals surface area contributed by atoms with Crippen molar-refractivity contribution in [1.29, 1.82) is 0 Å². The Bertz CT molecular complexity index is 657. The average Bonchev–Trinajstić information content (AvgIpc) is 2.59. The molecule has 23 heavy (non-hydrogen) atoms. The van der Waals surface area contributed by atoms with Gasteiger partial charge in [-0.3, -0.25) is 0 Å². The summed E-state index contributed by atoms with van der Waals surface area (Å²) in [5.41, 5.74) is 1.97. The third-order valence-corrected chi connectivity index (χ3v) is 3.88. The lowest BCUT2D eigenvalue weighted by Crippen LogP contribution is -2.45. The van der Waals surface area contributed by atoms with Gasteiger partial charge in [0.05, 0.1) is 32.9 Å². The minimum atomic E-state index is -0.476. The maximum Gasteiger partial charge on any atom is 0.337 e. The quantitative estimate of drug-likeness (QED) is 0.630. The highest BCUT2D eigenvalue weighted by molar-refractivity contribution is 7.80. The number of rotatable bonds is 5. The van der Waals surface area contributed by atoms with Crippen molar-refractivity contribution in [3.8, 4) is 11.5 Å². The molecule has 0 fully saturated rings. The van der Waals surface area contributed by atoms with Crippen LogP contribution < -0.4 is 20.1 Å². The van der Waals surface area contributed by atoms with Crippen LogP contribution in [0.2, 0.25) is 0 Å². The highest BCUT2D eigenvalue weighted by Gasteiger charge is 2.33. The molecule has 1 aliphatic rings. The second-order valence-corrected chi connectivity index (χ2v) is 5.26. The van der Waals surface area contributed by atoms with Crippen LogP contribution in [0.15, 0.2) is 29.5 Å². The lowest BCUT2D eigenvalue weighted by molar-refractivity contribution is -0.136. The highest BCUT2D eigenvalue weighted by Crippen LogP contribution is 2.39. The summed E-state index contributed by atoms with van der Waals surface area (Å²) in [5.74, 6) is 0.715. The lowest BCUT2D eigenvalue weighted by atomic mass is 9.93. The molecule has 2 rings (SSSR count). The van der Waals surface area contributed by atoms with Crippen LogP contribution in [-0.2, 0) is 9.53 Å². The summed E-state index contributed by atoms with van der Waals surface area (Å²) >= 11 is 5.26. The van der Waals surface area contributed by atoms with Gasteiger partial charge in [-0.2, -0.15) is 0 Å². The molecule has 1 aromatic rings. The number of hydrogen-bond donors (Lipinski definition) is 2. The third kappa shape index (κ3) is 3.24. The van der Waals surface area contributed by atoms with Crippen LogP contribution in [-0.4, -0.2) is 32.4 Å². The molecule has 0 aliphatic carbocycles. The molecular formula is C16H20N2O4S. The molecule has 0 saturated heterocycles. The van der Waals surface area contributed by atoms with E-state index in [9.17, 15) is 4.79 Å². The zero-order chi connectivity index (χ0) is 17.0. The number of nitrogens with one attached hydrogen (secondary N) is 2. The van der Waals surface area contributed by atoms with E-state index in [0.29, 0.717) is 28.6 Å². The molecule has 0 bridgehead atoms. The van der Waals surface area contributed by atoms with Crippen LogP contribution >= 0.6 is 12.2 Å². The summed E-state index contributed by atoms with van der Waals surface area (Å²) in [6.07, 6.45) is 0.620. The summed E-state index contributed by atoms with van der Waals surface area (Å²) in [6, 6.07) is 5.02. The molecule has 0 unspecified atom stereocenters. The number of ether oxygens (including phenoxy) is 3. The van der Waals surface area contributed by atoms with E-state index in [1.165, 1.54) is 7.11 Å². The number of methoxy groups -OCH3 is 3. The molecule has 1 atom stereocenters. The fraction of sp³-hybridized carbons (Fsp3) is 0.375. The van der Waals surface area contributed by atoms with Crippen LogP contribution in [0.3, 0.4) is 0 Å². The largest absolute Gasteiger partial charge is 0.493 e. The normalized spacial score (nSPS) is 17.2. The molecule has 7 heteroatoms. The molecule has 1 aliphatic heterocycles. The second-order valence-electron chi connectivity index (χ2n) is 4.85. The van der Waals surface area contributed by atoms with E-state index in [0.717, 1.165) is 11.3 Å². The van der Waals surface area contributed by atoms with Gasteiger partial charge in [0.2, 0.25) is 0 Å². The van der Waals surface area contributed by atoms with Crippen LogP contribution in [0, 0.1) is 0 Å². The lowest BCUT2D eigenvalue weighted by Gasteiger charge is -2.31. The summed E-state index contributed by atoms with van der Waals surface area (Å²) < 4.78 is 15.8. The van der Waals surface area contributed by atoms with Crippen molar-refractivity contribution in [2.45, 2.75) is 19.4 Å². The summed E-state index contributed by atoms with van der Waals surface area (Å²) in [4.78, 5) is 12.3. The standard InChI is InChI=1S/C16H20N2O4S/c1-5-10-12(15(19)22-4)13(18-16(23)17-10)9-7-6-8-11(20-2)14(9)21-3/h6-8,13H,5H2,1-4H3,(H2,17,18,23)/t13-/m0/s1. The summed E-state index contributed by atoms with van der Waals surface area (Å²) in [7, 11) is 4.48. The van der Waals surface area contributed by atoms with E-state index in [4.69, 9.17) is 26.4 Å². The summed E-state index contributed by atoms with van der Waals surface area (Å²) in [5, 5.41) is 6.59. The van der Waals surface area contributed by atoms with E-state index in [1.807, 2.05) is 19.1 Å². The maximum atomic E-state index is 12.3. The zero-order valence-electron chi connectivity index (χ0n) is 13.6. The van der Waals surface area contributed by atoms with E-state index < -0.39 is 12.0 Å². The number of esters is 1. The Kier molecular flexibility index (Phi) is 5.44. The van der Waals surface area contributed by atoms with Crippen LogP contribution in [0.25, 0.3) is 0 Å². The first-order valence-electron chi connectivity index (χ1n) is 7.17. The Balaban J connectivity index is 2.64. The number of carbonyl (C=O) groups is 1. The van der Waals surface area contributed by atoms with E-state index in [2.05, 4.69) is 10.6 Å². The van der Waals surface area contributed by atoms with Crippen molar-refractivity contribution in [3.63, 3.8) is 0 Å². The van der Waals surface area contributed by atoms with Crippen molar-refractivity contribution >= 4 is 23.3 Å². The number of para-hydroxylation sites is 1. The van der Waals surface area contributed by atoms with Gasteiger partial charge in [0, 0.05) is 11.3 Å². The van der Waals surface area contributed by atoms with Crippen molar-refractivity contribution in [1.82, 2.24) is 10.6 Å². The minimum Gasteiger partial charge on any atom is -0.493 e. The van der Waals surface area contributed by atoms with Gasteiger partial charge < -0.3 is 24.8 Å². The zero-order valence-corrected chi connectivity index (χ0v) is 14.4. The van der Waals surface area contributed by atoms with Crippen LogP contribution in [0.5, 0.6) is 11.5 Å². The van der Waals surface area contributed by atoms with Gasteiger partial charge in [-0.15, -0.1) is 0 Å². The SMILES string of the molecule is CCC1=C(C(=O)OC)[C@H](c2cccc(OC)c2OC)NC(=S)N1.